The number of carbonyl (C=O) groups is 1. The molecule has 0 spiro atoms. The van der Waals surface area contributed by atoms with Gasteiger partial charge in [0.05, 0.1) is 5.92 Å². The van der Waals surface area contributed by atoms with Crippen LogP contribution < -0.4 is 0 Å². The van der Waals surface area contributed by atoms with Gasteiger partial charge in [-0.25, -0.2) is 0 Å². The van der Waals surface area contributed by atoms with Gasteiger partial charge >= 0.3 is 0 Å². The highest BCUT2D eigenvalue weighted by molar-refractivity contribution is 6.30. The van der Waals surface area contributed by atoms with Gasteiger partial charge in [-0.15, -0.1) is 0 Å². The lowest BCUT2D eigenvalue weighted by Crippen LogP contribution is -2.30. The van der Waals surface area contributed by atoms with Gasteiger partial charge in [0.1, 0.15) is 5.78 Å². The third-order valence-corrected chi connectivity index (χ3v) is 3.98. The minimum atomic E-state index is -0.333. The second-order valence-corrected chi connectivity index (χ2v) is 5.43. The number of hydrogen-bond donors (Lipinski definition) is 0. The molecular weight excluding hydrogens is 266 g/mol. The molecule has 1 aromatic rings. The van der Waals surface area contributed by atoms with Crippen LogP contribution in [0, 0.1) is 16.0 Å². The van der Waals surface area contributed by atoms with Gasteiger partial charge in [0.2, 0.25) is 6.54 Å². The monoisotopic (exact) mass is 281 g/mol. The van der Waals surface area contributed by atoms with Crippen molar-refractivity contribution in [2.75, 3.05) is 6.54 Å². The molecule has 1 fully saturated rings. The van der Waals surface area contributed by atoms with Crippen molar-refractivity contribution in [1.29, 1.82) is 0 Å². The van der Waals surface area contributed by atoms with Gasteiger partial charge in [0.25, 0.3) is 0 Å². The molecule has 1 saturated carbocycles. The van der Waals surface area contributed by atoms with E-state index in [1.807, 2.05) is 0 Å². The molecule has 1 aliphatic carbocycles. The third-order valence-electron chi connectivity index (χ3n) is 3.73. The first kappa shape index (κ1) is 14.0. The quantitative estimate of drug-likeness (QED) is 0.627. The number of carbonyl (C=O) groups excluding carboxylic acids is 1. The fourth-order valence-corrected chi connectivity index (χ4v) is 2.90. The molecule has 0 bridgehead atoms. The van der Waals surface area contributed by atoms with E-state index in [-0.39, 0.29) is 29.1 Å². The number of benzene rings is 1. The molecule has 2 rings (SSSR count). The summed E-state index contributed by atoms with van der Waals surface area (Å²) in [5.41, 5.74) is 0.835. The minimum Gasteiger partial charge on any atom is -0.299 e. The predicted molar refractivity (Wildman–Crippen MR) is 73.0 cm³/mol. The molecule has 5 heteroatoms. The van der Waals surface area contributed by atoms with E-state index < -0.39 is 0 Å². The Labute approximate surface area is 116 Å². The zero-order chi connectivity index (χ0) is 13.8. The third kappa shape index (κ3) is 3.53. The Morgan fingerprint density at radius 3 is 2.58 bits per heavy atom. The molecule has 0 radical (unpaired) electrons. The molecular formula is C14H16ClNO3. The Bertz CT molecular complexity index is 472. The number of hydrogen-bond acceptors (Lipinski definition) is 3. The van der Waals surface area contributed by atoms with Crippen molar-refractivity contribution in [3.05, 3.63) is 45.0 Å². The van der Waals surface area contributed by atoms with Gasteiger partial charge in [0.15, 0.2) is 0 Å². The van der Waals surface area contributed by atoms with Crippen molar-refractivity contribution in [3.8, 4) is 0 Å². The molecule has 0 unspecified atom stereocenters. The lowest BCUT2D eigenvalue weighted by atomic mass is 9.76. The van der Waals surface area contributed by atoms with Gasteiger partial charge in [-0.2, -0.15) is 0 Å². The molecule has 0 heterocycles. The maximum atomic E-state index is 12.0. The summed E-state index contributed by atoms with van der Waals surface area (Å²) in [6.07, 6.45) is 3.17. The SMILES string of the molecule is O=C1CCCC[C@H]1[C@@H](C[N+](=O)[O-])c1ccc(Cl)cc1. The lowest BCUT2D eigenvalue weighted by molar-refractivity contribution is -0.484. The van der Waals surface area contributed by atoms with Gasteiger partial charge in [-0.05, 0) is 30.5 Å². The number of rotatable bonds is 4. The number of nitro groups is 1. The van der Waals surface area contributed by atoms with Gasteiger partial charge < -0.3 is 0 Å². The van der Waals surface area contributed by atoms with Crippen molar-refractivity contribution in [2.24, 2.45) is 5.92 Å². The Kier molecular flexibility index (Phi) is 4.53. The standard InChI is InChI=1S/C14H16ClNO3/c15-11-7-5-10(6-8-11)13(9-16(18)19)12-3-1-2-4-14(12)17/h5-8,12-13H,1-4,9H2/t12-,13-/m0/s1. The van der Waals surface area contributed by atoms with E-state index in [1.165, 1.54) is 0 Å². The van der Waals surface area contributed by atoms with Crippen molar-refractivity contribution < 1.29 is 9.72 Å². The minimum absolute atomic E-state index is 0.160. The fourth-order valence-electron chi connectivity index (χ4n) is 2.77. The molecule has 0 saturated heterocycles. The summed E-state index contributed by atoms with van der Waals surface area (Å²) in [6, 6.07) is 7.02. The molecule has 19 heavy (non-hydrogen) atoms. The highest BCUT2D eigenvalue weighted by Crippen LogP contribution is 2.34. The van der Waals surface area contributed by atoms with Crippen LogP contribution in [0.2, 0.25) is 5.02 Å². The Morgan fingerprint density at radius 2 is 2.00 bits per heavy atom. The van der Waals surface area contributed by atoms with Crippen LogP contribution >= 0.6 is 11.6 Å². The van der Waals surface area contributed by atoms with Crippen LogP contribution in [0.1, 0.15) is 37.2 Å². The van der Waals surface area contributed by atoms with Crippen molar-refractivity contribution in [1.82, 2.24) is 0 Å². The van der Waals surface area contributed by atoms with E-state index in [2.05, 4.69) is 0 Å². The molecule has 0 amide bonds. The molecule has 0 N–H and O–H groups in total. The zero-order valence-corrected chi connectivity index (χ0v) is 11.3. The number of nitrogens with zero attached hydrogens (tertiary/aromatic N) is 1. The first-order chi connectivity index (χ1) is 9.08. The van der Waals surface area contributed by atoms with E-state index in [9.17, 15) is 14.9 Å². The van der Waals surface area contributed by atoms with Crippen LogP contribution in [0.15, 0.2) is 24.3 Å². The smallest absolute Gasteiger partial charge is 0.211 e. The van der Waals surface area contributed by atoms with Crippen molar-refractivity contribution >= 4 is 17.4 Å². The Balaban J connectivity index is 2.26. The molecule has 2 atom stereocenters. The topological polar surface area (TPSA) is 60.2 Å². The molecule has 4 nitrogen and oxygen atoms in total. The van der Waals surface area contributed by atoms with E-state index in [4.69, 9.17) is 11.6 Å². The summed E-state index contributed by atoms with van der Waals surface area (Å²) >= 11 is 5.84. The average Bonchev–Trinajstić information content (AvgIpc) is 2.38. The zero-order valence-electron chi connectivity index (χ0n) is 10.5. The maximum Gasteiger partial charge on any atom is 0.211 e. The second-order valence-electron chi connectivity index (χ2n) is 4.99. The molecule has 1 aromatic carbocycles. The van der Waals surface area contributed by atoms with E-state index in [1.54, 1.807) is 24.3 Å². The summed E-state index contributed by atoms with van der Waals surface area (Å²) in [7, 11) is 0. The summed E-state index contributed by atoms with van der Waals surface area (Å²) in [6.45, 7) is -0.196. The van der Waals surface area contributed by atoms with Crippen LogP contribution in [0.4, 0.5) is 0 Å². The lowest BCUT2D eigenvalue weighted by Gasteiger charge is -2.27. The van der Waals surface area contributed by atoms with E-state index in [0.29, 0.717) is 11.4 Å². The van der Waals surface area contributed by atoms with Gasteiger partial charge in [-0.1, -0.05) is 30.2 Å². The molecule has 0 aliphatic heterocycles. The van der Waals surface area contributed by atoms with Crippen LogP contribution in [-0.4, -0.2) is 17.3 Å². The normalized spacial score (nSPS) is 21.1. The van der Waals surface area contributed by atoms with Crippen LogP contribution in [0.5, 0.6) is 0 Å². The maximum absolute atomic E-state index is 12.0. The Hall–Kier alpha value is -1.42. The van der Waals surface area contributed by atoms with Crippen LogP contribution in [0.25, 0.3) is 0 Å². The average molecular weight is 282 g/mol. The summed E-state index contributed by atoms with van der Waals surface area (Å²) in [5, 5.41) is 11.5. The second kappa shape index (κ2) is 6.15. The number of halogens is 1. The summed E-state index contributed by atoms with van der Waals surface area (Å²) < 4.78 is 0. The van der Waals surface area contributed by atoms with E-state index in [0.717, 1.165) is 24.8 Å². The fraction of sp³-hybridized carbons (Fsp3) is 0.500. The largest absolute Gasteiger partial charge is 0.299 e. The van der Waals surface area contributed by atoms with Crippen LogP contribution in [0.3, 0.4) is 0 Å². The first-order valence-electron chi connectivity index (χ1n) is 6.48. The highest BCUT2D eigenvalue weighted by atomic mass is 35.5. The van der Waals surface area contributed by atoms with Crippen molar-refractivity contribution in [2.45, 2.75) is 31.6 Å². The number of ketones is 1. The Morgan fingerprint density at radius 1 is 1.32 bits per heavy atom. The summed E-state index contributed by atoms with van der Waals surface area (Å²) in [4.78, 5) is 22.5. The van der Waals surface area contributed by atoms with Crippen LogP contribution in [-0.2, 0) is 4.79 Å². The first-order valence-corrected chi connectivity index (χ1v) is 6.85. The van der Waals surface area contributed by atoms with Crippen molar-refractivity contribution in [3.63, 3.8) is 0 Å². The summed E-state index contributed by atoms with van der Waals surface area (Å²) in [5.74, 6) is -0.395. The van der Waals surface area contributed by atoms with E-state index >= 15 is 0 Å². The molecule has 102 valence electrons. The predicted octanol–water partition coefficient (Wildman–Crippen LogP) is 3.46. The van der Waals surface area contributed by atoms with Gasteiger partial charge in [-0.3, -0.25) is 14.9 Å². The van der Waals surface area contributed by atoms with Gasteiger partial charge in [0, 0.05) is 22.3 Å². The highest BCUT2D eigenvalue weighted by Gasteiger charge is 2.34. The number of Topliss-reactive ketones (excluding diaryl/α,β-unsaturated/α-hetero) is 1. The molecule has 0 aromatic heterocycles. The molecule has 1 aliphatic rings.